The fourth-order valence-corrected chi connectivity index (χ4v) is 1.67. The number of hydrogen-bond donors (Lipinski definition) is 1. The SMILES string of the molecule is N#Cc1ncccc1O[C@H]1CCCNC1. The predicted octanol–water partition coefficient (Wildman–Crippen LogP) is 1.08. The lowest BCUT2D eigenvalue weighted by Gasteiger charge is -2.23. The highest BCUT2D eigenvalue weighted by Crippen LogP contribution is 2.18. The van der Waals surface area contributed by atoms with Gasteiger partial charge in [-0.1, -0.05) is 0 Å². The molecular formula is C11H13N3O. The van der Waals surface area contributed by atoms with Crippen LogP contribution in [0.2, 0.25) is 0 Å². The molecule has 1 aliphatic heterocycles. The summed E-state index contributed by atoms with van der Waals surface area (Å²) in [6, 6.07) is 5.60. The zero-order chi connectivity index (χ0) is 10.5. The minimum atomic E-state index is 0.162. The van der Waals surface area contributed by atoms with Gasteiger partial charge in [0.2, 0.25) is 0 Å². The van der Waals surface area contributed by atoms with Crippen molar-refractivity contribution in [2.24, 2.45) is 0 Å². The van der Waals surface area contributed by atoms with E-state index in [-0.39, 0.29) is 6.10 Å². The molecule has 1 N–H and O–H groups in total. The summed E-state index contributed by atoms with van der Waals surface area (Å²) in [4.78, 5) is 3.96. The van der Waals surface area contributed by atoms with Crippen LogP contribution in [0.1, 0.15) is 18.5 Å². The van der Waals surface area contributed by atoms with Gasteiger partial charge in [-0.15, -0.1) is 0 Å². The fourth-order valence-electron chi connectivity index (χ4n) is 1.67. The number of nitrogens with zero attached hydrogens (tertiary/aromatic N) is 2. The van der Waals surface area contributed by atoms with Crippen molar-refractivity contribution in [2.45, 2.75) is 18.9 Å². The molecule has 0 saturated carbocycles. The van der Waals surface area contributed by atoms with Gasteiger partial charge in [0.15, 0.2) is 11.4 Å². The minimum Gasteiger partial charge on any atom is -0.486 e. The van der Waals surface area contributed by atoms with Crippen molar-refractivity contribution >= 4 is 0 Å². The summed E-state index contributed by atoms with van der Waals surface area (Å²) < 4.78 is 5.73. The van der Waals surface area contributed by atoms with Crippen molar-refractivity contribution in [2.75, 3.05) is 13.1 Å². The van der Waals surface area contributed by atoms with E-state index < -0.39 is 0 Å². The van der Waals surface area contributed by atoms with Crippen LogP contribution in [0, 0.1) is 11.3 Å². The maximum atomic E-state index is 8.84. The highest BCUT2D eigenvalue weighted by molar-refractivity contribution is 5.36. The predicted molar refractivity (Wildman–Crippen MR) is 55.5 cm³/mol. The van der Waals surface area contributed by atoms with Gasteiger partial charge < -0.3 is 10.1 Å². The first-order valence-electron chi connectivity index (χ1n) is 5.12. The minimum absolute atomic E-state index is 0.162. The number of hydrogen-bond acceptors (Lipinski definition) is 4. The Morgan fingerprint density at radius 2 is 2.53 bits per heavy atom. The second-order valence-electron chi connectivity index (χ2n) is 3.55. The molecule has 0 aromatic carbocycles. The number of rotatable bonds is 2. The van der Waals surface area contributed by atoms with E-state index in [1.165, 1.54) is 0 Å². The third kappa shape index (κ3) is 2.45. The third-order valence-electron chi connectivity index (χ3n) is 2.42. The summed E-state index contributed by atoms with van der Waals surface area (Å²) in [5.74, 6) is 0.591. The summed E-state index contributed by atoms with van der Waals surface area (Å²) in [6.45, 7) is 1.90. The molecule has 1 atom stereocenters. The average molecular weight is 203 g/mol. The number of aromatic nitrogens is 1. The van der Waals surface area contributed by atoms with E-state index in [1.54, 1.807) is 18.3 Å². The van der Waals surface area contributed by atoms with Gasteiger partial charge in [-0.05, 0) is 31.5 Å². The number of nitriles is 1. The topological polar surface area (TPSA) is 57.9 Å². The molecule has 1 aromatic rings. The van der Waals surface area contributed by atoms with Crippen LogP contribution in [0.25, 0.3) is 0 Å². The van der Waals surface area contributed by atoms with Gasteiger partial charge in [0, 0.05) is 12.7 Å². The lowest BCUT2D eigenvalue weighted by atomic mass is 10.1. The monoisotopic (exact) mass is 203 g/mol. The van der Waals surface area contributed by atoms with Crippen LogP contribution in [0.5, 0.6) is 5.75 Å². The van der Waals surface area contributed by atoms with Crippen molar-refractivity contribution in [3.63, 3.8) is 0 Å². The van der Waals surface area contributed by atoms with Gasteiger partial charge in [-0.3, -0.25) is 0 Å². The Morgan fingerprint density at radius 3 is 3.27 bits per heavy atom. The van der Waals surface area contributed by atoms with E-state index >= 15 is 0 Å². The van der Waals surface area contributed by atoms with Crippen molar-refractivity contribution in [3.8, 4) is 11.8 Å². The molecule has 0 radical (unpaired) electrons. The Morgan fingerprint density at radius 1 is 1.60 bits per heavy atom. The van der Waals surface area contributed by atoms with E-state index in [9.17, 15) is 0 Å². The number of nitrogens with one attached hydrogen (secondary N) is 1. The van der Waals surface area contributed by atoms with Crippen LogP contribution < -0.4 is 10.1 Å². The molecular weight excluding hydrogens is 190 g/mol. The fraction of sp³-hybridized carbons (Fsp3) is 0.455. The van der Waals surface area contributed by atoms with Crippen molar-refractivity contribution in [1.82, 2.24) is 10.3 Å². The van der Waals surface area contributed by atoms with Crippen molar-refractivity contribution < 1.29 is 4.74 Å². The smallest absolute Gasteiger partial charge is 0.182 e. The van der Waals surface area contributed by atoms with Crippen LogP contribution in [-0.4, -0.2) is 24.2 Å². The molecule has 0 aliphatic carbocycles. The second kappa shape index (κ2) is 4.76. The maximum Gasteiger partial charge on any atom is 0.182 e. The zero-order valence-corrected chi connectivity index (χ0v) is 8.44. The van der Waals surface area contributed by atoms with Crippen LogP contribution in [0.4, 0.5) is 0 Å². The molecule has 4 nitrogen and oxygen atoms in total. The molecule has 4 heteroatoms. The molecule has 1 aliphatic rings. The van der Waals surface area contributed by atoms with E-state index in [4.69, 9.17) is 10.00 Å². The lowest BCUT2D eigenvalue weighted by molar-refractivity contribution is 0.166. The number of pyridine rings is 1. The van der Waals surface area contributed by atoms with Crippen LogP contribution in [0.15, 0.2) is 18.3 Å². The van der Waals surface area contributed by atoms with Crippen LogP contribution in [0.3, 0.4) is 0 Å². The Bertz CT molecular complexity index is 366. The molecule has 2 rings (SSSR count). The van der Waals surface area contributed by atoms with Gasteiger partial charge >= 0.3 is 0 Å². The normalized spacial score (nSPS) is 20.6. The second-order valence-corrected chi connectivity index (χ2v) is 3.55. The maximum absolute atomic E-state index is 8.84. The average Bonchev–Trinajstić information content (AvgIpc) is 2.31. The summed E-state index contributed by atoms with van der Waals surface area (Å²) >= 11 is 0. The van der Waals surface area contributed by atoms with Gasteiger partial charge in [0.05, 0.1) is 0 Å². The Kier molecular flexibility index (Phi) is 3.15. The van der Waals surface area contributed by atoms with Crippen molar-refractivity contribution in [1.29, 1.82) is 5.26 Å². The van der Waals surface area contributed by atoms with E-state index in [2.05, 4.69) is 10.3 Å². The molecule has 1 aromatic heterocycles. The first-order chi connectivity index (χ1) is 7.40. The van der Waals surface area contributed by atoms with Crippen molar-refractivity contribution in [3.05, 3.63) is 24.0 Å². The van der Waals surface area contributed by atoms with E-state index in [0.29, 0.717) is 11.4 Å². The van der Waals surface area contributed by atoms with E-state index in [1.807, 2.05) is 6.07 Å². The molecule has 1 fully saturated rings. The quantitative estimate of drug-likeness (QED) is 0.781. The van der Waals surface area contributed by atoms with Gasteiger partial charge in [-0.25, -0.2) is 4.98 Å². The van der Waals surface area contributed by atoms with Crippen LogP contribution >= 0.6 is 0 Å². The Balaban J connectivity index is 2.06. The molecule has 2 heterocycles. The summed E-state index contributed by atoms with van der Waals surface area (Å²) in [5, 5.41) is 12.1. The Labute approximate surface area is 88.9 Å². The molecule has 78 valence electrons. The Hall–Kier alpha value is -1.60. The molecule has 0 amide bonds. The highest BCUT2D eigenvalue weighted by Gasteiger charge is 2.16. The molecule has 0 spiro atoms. The first kappa shape index (κ1) is 9.94. The van der Waals surface area contributed by atoms with E-state index in [0.717, 1.165) is 25.9 Å². The summed E-state index contributed by atoms with van der Waals surface area (Å²) in [6.07, 6.45) is 3.92. The third-order valence-corrected chi connectivity index (χ3v) is 2.42. The highest BCUT2D eigenvalue weighted by atomic mass is 16.5. The summed E-state index contributed by atoms with van der Waals surface area (Å²) in [5.41, 5.74) is 0.364. The first-order valence-corrected chi connectivity index (χ1v) is 5.12. The van der Waals surface area contributed by atoms with Gasteiger partial charge in [0.1, 0.15) is 12.2 Å². The molecule has 1 saturated heterocycles. The summed E-state index contributed by atoms with van der Waals surface area (Å²) in [7, 11) is 0. The zero-order valence-electron chi connectivity index (χ0n) is 8.44. The number of piperidine rings is 1. The largest absolute Gasteiger partial charge is 0.486 e. The van der Waals surface area contributed by atoms with Gasteiger partial charge in [0.25, 0.3) is 0 Å². The lowest BCUT2D eigenvalue weighted by Crippen LogP contribution is -2.37. The number of ether oxygens (including phenoxy) is 1. The molecule has 0 bridgehead atoms. The molecule has 0 unspecified atom stereocenters. The standard InChI is InChI=1S/C11H13N3O/c12-7-10-11(4-2-6-14-10)15-9-3-1-5-13-8-9/h2,4,6,9,13H,1,3,5,8H2/t9-/m0/s1. The molecule has 15 heavy (non-hydrogen) atoms. The van der Waals surface area contributed by atoms with Crippen LogP contribution in [-0.2, 0) is 0 Å². The van der Waals surface area contributed by atoms with Gasteiger partial charge in [-0.2, -0.15) is 5.26 Å².